The van der Waals surface area contributed by atoms with Crippen LogP contribution in [0.2, 0.25) is 0 Å². The van der Waals surface area contributed by atoms with Gasteiger partial charge in [0.15, 0.2) is 0 Å². The van der Waals surface area contributed by atoms with Crippen LogP contribution in [0, 0.1) is 0 Å². The first-order valence-electron chi connectivity index (χ1n) is 15.3. The summed E-state index contributed by atoms with van der Waals surface area (Å²) in [5, 5.41) is 4.88. The topological polar surface area (TPSA) is 9.86 Å². The SMILES string of the molecule is Brc1ccccc1-n1c2ccccc2c2c(-n3c4cc(-c5ccccc5)ccc4c4ccc(-c5ccccc5)cc43)ccc(Br)c21. The first-order valence-corrected chi connectivity index (χ1v) is 16.9. The summed E-state index contributed by atoms with van der Waals surface area (Å²) >= 11 is 7.84. The molecule has 2 nitrogen and oxygen atoms in total. The maximum Gasteiger partial charge on any atom is 0.0704 e. The van der Waals surface area contributed by atoms with E-state index in [0.717, 1.165) is 31.4 Å². The predicted molar refractivity (Wildman–Crippen MR) is 201 cm³/mol. The molecule has 0 aliphatic carbocycles. The molecule has 9 aromatic rings. The van der Waals surface area contributed by atoms with E-state index >= 15 is 0 Å². The van der Waals surface area contributed by atoms with Crippen molar-refractivity contribution in [2.24, 2.45) is 0 Å². The molecule has 7 aromatic carbocycles. The number of fused-ring (bicyclic) bond motifs is 6. The van der Waals surface area contributed by atoms with Gasteiger partial charge in [-0.15, -0.1) is 0 Å². The van der Waals surface area contributed by atoms with Crippen LogP contribution in [-0.2, 0) is 0 Å². The van der Waals surface area contributed by atoms with Crippen LogP contribution in [-0.4, -0.2) is 9.13 Å². The summed E-state index contributed by atoms with van der Waals surface area (Å²) in [6.07, 6.45) is 0. The summed E-state index contributed by atoms with van der Waals surface area (Å²) in [4.78, 5) is 0. The Bertz CT molecular complexity index is 2500. The summed E-state index contributed by atoms with van der Waals surface area (Å²) in [6.45, 7) is 0. The van der Waals surface area contributed by atoms with Crippen LogP contribution >= 0.6 is 31.9 Å². The number of hydrogen-bond donors (Lipinski definition) is 0. The molecule has 0 atom stereocenters. The van der Waals surface area contributed by atoms with Gasteiger partial charge >= 0.3 is 0 Å². The molecule has 0 unspecified atom stereocenters. The summed E-state index contributed by atoms with van der Waals surface area (Å²) in [7, 11) is 0. The summed E-state index contributed by atoms with van der Waals surface area (Å²) in [5.74, 6) is 0. The Labute approximate surface area is 283 Å². The Morgan fingerprint density at radius 1 is 0.348 bits per heavy atom. The minimum atomic E-state index is 1.05. The van der Waals surface area contributed by atoms with Crippen molar-refractivity contribution < 1.29 is 0 Å². The highest BCUT2D eigenvalue weighted by Gasteiger charge is 2.22. The lowest BCUT2D eigenvalue weighted by Gasteiger charge is -2.14. The molecule has 0 saturated heterocycles. The normalized spacial score (nSPS) is 11.7. The third kappa shape index (κ3) is 4.21. The van der Waals surface area contributed by atoms with Gasteiger partial charge in [-0.3, -0.25) is 0 Å². The molecule has 0 bridgehead atoms. The molecule has 0 aliphatic rings. The van der Waals surface area contributed by atoms with Crippen LogP contribution < -0.4 is 0 Å². The first kappa shape index (κ1) is 27.4. The molecule has 0 aliphatic heterocycles. The number of nitrogens with zero attached hydrogens (tertiary/aromatic N) is 2. The van der Waals surface area contributed by atoms with Gasteiger partial charge in [0.05, 0.1) is 33.4 Å². The maximum atomic E-state index is 3.98. The van der Waals surface area contributed by atoms with Crippen LogP contribution in [0.5, 0.6) is 0 Å². The van der Waals surface area contributed by atoms with E-state index in [9.17, 15) is 0 Å². The summed E-state index contributed by atoms with van der Waals surface area (Å²) in [6, 6.07) is 56.8. The van der Waals surface area contributed by atoms with Crippen molar-refractivity contribution in [1.82, 2.24) is 9.13 Å². The molecule has 0 spiro atoms. The molecule has 0 fully saturated rings. The average Bonchev–Trinajstić information content (AvgIpc) is 3.63. The molecule has 2 aromatic heterocycles. The number of aromatic nitrogens is 2. The molecule has 0 saturated carbocycles. The standard InChI is InChI=1S/C42H26Br2N2/c43-34-16-8-10-18-37(34)46-36-17-9-7-15-33(36)41-38(24-23-35(44)42(41)46)45-39-25-29(27-11-3-1-4-12-27)19-21-31(39)32-22-20-30(26-40(32)45)28-13-5-2-6-14-28/h1-26H. The monoisotopic (exact) mass is 716 g/mol. The molecule has 2 heterocycles. The number of benzene rings is 7. The highest BCUT2D eigenvalue weighted by Crippen LogP contribution is 2.44. The van der Waals surface area contributed by atoms with Gasteiger partial charge in [-0.1, -0.05) is 115 Å². The van der Waals surface area contributed by atoms with Crippen LogP contribution in [0.15, 0.2) is 167 Å². The Kier molecular flexibility index (Phi) is 6.48. The van der Waals surface area contributed by atoms with Crippen LogP contribution in [0.25, 0.3) is 77.2 Å². The number of hydrogen-bond acceptors (Lipinski definition) is 0. The van der Waals surface area contributed by atoms with E-state index in [-0.39, 0.29) is 0 Å². The molecule has 218 valence electrons. The van der Waals surface area contributed by atoms with Gasteiger partial charge in [0.1, 0.15) is 0 Å². The highest BCUT2D eigenvalue weighted by atomic mass is 79.9. The van der Waals surface area contributed by atoms with Crippen molar-refractivity contribution in [1.29, 1.82) is 0 Å². The Morgan fingerprint density at radius 3 is 1.54 bits per heavy atom. The van der Waals surface area contributed by atoms with E-state index in [0.29, 0.717) is 0 Å². The van der Waals surface area contributed by atoms with Gasteiger partial charge in [0, 0.05) is 30.5 Å². The van der Waals surface area contributed by atoms with Crippen LogP contribution in [0.3, 0.4) is 0 Å². The van der Waals surface area contributed by atoms with Crippen LogP contribution in [0.1, 0.15) is 0 Å². The van der Waals surface area contributed by atoms with E-state index in [1.54, 1.807) is 0 Å². The van der Waals surface area contributed by atoms with E-state index in [1.165, 1.54) is 54.8 Å². The zero-order valence-corrected chi connectivity index (χ0v) is 27.8. The smallest absolute Gasteiger partial charge is 0.0704 e. The Hall–Kier alpha value is -4.90. The second kappa shape index (κ2) is 10.9. The highest BCUT2D eigenvalue weighted by molar-refractivity contribution is 9.11. The molecule has 9 rings (SSSR count). The van der Waals surface area contributed by atoms with Crippen molar-refractivity contribution in [2.45, 2.75) is 0 Å². The number of para-hydroxylation sites is 2. The molecule has 46 heavy (non-hydrogen) atoms. The fourth-order valence-corrected chi connectivity index (χ4v) is 7.98. The molecule has 0 amide bonds. The minimum absolute atomic E-state index is 1.05. The number of halogens is 2. The van der Waals surface area contributed by atoms with Crippen molar-refractivity contribution in [3.63, 3.8) is 0 Å². The van der Waals surface area contributed by atoms with Gasteiger partial charge in [-0.05, 0) is 96.6 Å². The third-order valence-corrected chi connectivity index (χ3v) is 10.4. The maximum absolute atomic E-state index is 3.98. The second-order valence-corrected chi connectivity index (χ2v) is 13.3. The lowest BCUT2D eigenvalue weighted by atomic mass is 10.0. The molecule has 0 radical (unpaired) electrons. The quantitative estimate of drug-likeness (QED) is 0.171. The van der Waals surface area contributed by atoms with Crippen LogP contribution in [0.4, 0.5) is 0 Å². The lowest BCUT2D eigenvalue weighted by molar-refractivity contribution is 1.16. The summed E-state index contributed by atoms with van der Waals surface area (Å²) < 4.78 is 6.96. The molecular formula is C42H26Br2N2. The van der Waals surface area contributed by atoms with E-state index < -0.39 is 0 Å². The van der Waals surface area contributed by atoms with Crippen molar-refractivity contribution in [3.05, 3.63) is 167 Å². The van der Waals surface area contributed by atoms with Gasteiger partial charge in [0.25, 0.3) is 0 Å². The zero-order chi connectivity index (χ0) is 30.8. The molecule has 0 N–H and O–H groups in total. The van der Waals surface area contributed by atoms with Crippen molar-refractivity contribution in [3.8, 4) is 33.6 Å². The fourth-order valence-electron chi connectivity index (χ4n) is 7.01. The van der Waals surface area contributed by atoms with Gasteiger partial charge in [-0.25, -0.2) is 0 Å². The Morgan fingerprint density at radius 2 is 0.913 bits per heavy atom. The third-order valence-electron chi connectivity index (χ3n) is 9.06. The molecule has 4 heteroatoms. The van der Waals surface area contributed by atoms with Gasteiger partial charge in [0.2, 0.25) is 0 Å². The summed E-state index contributed by atoms with van der Waals surface area (Å²) in [5.41, 5.74) is 11.7. The predicted octanol–water partition coefficient (Wildman–Crippen LogP) is 12.7. The van der Waals surface area contributed by atoms with E-state index in [2.05, 4.69) is 199 Å². The lowest BCUT2D eigenvalue weighted by Crippen LogP contribution is -1.98. The van der Waals surface area contributed by atoms with Gasteiger partial charge < -0.3 is 9.13 Å². The second-order valence-electron chi connectivity index (χ2n) is 11.6. The van der Waals surface area contributed by atoms with E-state index in [4.69, 9.17) is 0 Å². The largest absolute Gasteiger partial charge is 0.308 e. The number of rotatable bonds is 4. The fraction of sp³-hybridized carbons (Fsp3) is 0. The minimum Gasteiger partial charge on any atom is -0.308 e. The van der Waals surface area contributed by atoms with Crippen molar-refractivity contribution in [2.75, 3.05) is 0 Å². The zero-order valence-electron chi connectivity index (χ0n) is 24.7. The first-order chi connectivity index (χ1) is 22.7. The average molecular weight is 718 g/mol. The van der Waals surface area contributed by atoms with Crippen molar-refractivity contribution >= 4 is 75.5 Å². The Balaban J connectivity index is 1.45. The van der Waals surface area contributed by atoms with Gasteiger partial charge in [-0.2, -0.15) is 0 Å². The molecular weight excluding hydrogens is 692 g/mol. The van der Waals surface area contributed by atoms with E-state index in [1.807, 2.05) is 0 Å².